The molecule has 0 amide bonds. The summed E-state index contributed by atoms with van der Waals surface area (Å²) in [5, 5.41) is 0. The van der Waals surface area contributed by atoms with Crippen LogP contribution in [0.3, 0.4) is 0 Å². The lowest BCUT2D eigenvalue weighted by atomic mass is 10.1. The third kappa shape index (κ3) is 3.94. The summed E-state index contributed by atoms with van der Waals surface area (Å²) in [6, 6.07) is 1.49. The maximum absolute atomic E-state index is 13.4. The highest BCUT2D eigenvalue weighted by Crippen LogP contribution is 2.16. The molecule has 1 saturated heterocycles. The smallest absolute Gasteiger partial charge is 0.132 e. The monoisotopic (exact) mass is 272 g/mol. The Morgan fingerprint density at radius 1 is 1.00 bits per heavy atom. The van der Waals surface area contributed by atoms with Crippen LogP contribution >= 0.6 is 0 Å². The van der Waals surface area contributed by atoms with Gasteiger partial charge in [-0.2, -0.15) is 0 Å². The topological polar surface area (TPSA) is 6.48 Å². The number of piperazine rings is 1. The fraction of sp³-hybridized carbons (Fsp3) is 0.571. The van der Waals surface area contributed by atoms with Crippen LogP contribution in [0.5, 0.6) is 0 Å². The van der Waals surface area contributed by atoms with Gasteiger partial charge in [-0.1, -0.05) is 0 Å². The molecule has 0 unspecified atom stereocenters. The maximum atomic E-state index is 13.4. The Hall–Kier alpha value is -1.07. The fourth-order valence-corrected chi connectivity index (χ4v) is 2.36. The Kier molecular flexibility index (Phi) is 4.82. The minimum Gasteiger partial charge on any atom is -0.304 e. The van der Waals surface area contributed by atoms with Crippen LogP contribution < -0.4 is 0 Å². The number of halogens is 3. The minimum absolute atomic E-state index is 0.00414. The lowest BCUT2D eigenvalue weighted by Gasteiger charge is -2.32. The minimum atomic E-state index is -0.863. The summed E-state index contributed by atoms with van der Waals surface area (Å²) < 4.78 is 39.6. The first-order valence-corrected chi connectivity index (χ1v) is 6.60. The fourth-order valence-electron chi connectivity index (χ4n) is 2.36. The second-order valence-electron chi connectivity index (χ2n) is 5.10. The molecule has 1 aromatic carbocycles. The molecule has 0 spiro atoms. The summed E-state index contributed by atoms with van der Waals surface area (Å²) in [7, 11) is 2.08. The molecule has 1 fully saturated rings. The SMILES string of the molecule is CN1CCN(CCCc2c(F)cc(F)cc2F)CC1. The molecule has 0 N–H and O–H groups in total. The quantitative estimate of drug-likeness (QED) is 0.829. The highest BCUT2D eigenvalue weighted by atomic mass is 19.1. The molecule has 2 nitrogen and oxygen atoms in total. The first kappa shape index (κ1) is 14.3. The van der Waals surface area contributed by atoms with E-state index in [-0.39, 0.29) is 5.56 Å². The van der Waals surface area contributed by atoms with E-state index in [2.05, 4.69) is 16.8 Å². The molecule has 0 aromatic heterocycles. The largest absolute Gasteiger partial charge is 0.304 e. The van der Waals surface area contributed by atoms with E-state index in [0.717, 1.165) is 44.9 Å². The maximum Gasteiger partial charge on any atom is 0.132 e. The van der Waals surface area contributed by atoms with Crippen LogP contribution in [0.2, 0.25) is 0 Å². The van der Waals surface area contributed by atoms with Gasteiger partial charge in [0.15, 0.2) is 0 Å². The zero-order valence-corrected chi connectivity index (χ0v) is 11.1. The van der Waals surface area contributed by atoms with Crippen molar-refractivity contribution in [1.82, 2.24) is 9.80 Å². The molecule has 0 radical (unpaired) electrons. The van der Waals surface area contributed by atoms with Crippen molar-refractivity contribution in [3.05, 3.63) is 35.1 Å². The zero-order valence-electron chi connectivity index (χ0n) is 11.1. The van der Waals surface area contributed by atoms with Crippen molar-refractivity contribution < 1.29 is 13.2 Å². The van der Waals surface area contributed by atoms with Crippen molar-refractivity contribution in [3.63, 3.8) is 0 Å². The molecule has 0 atom stereocenters. The van der Waals surface area contributed by atoms with E-state index < -0.39 is 17.5 Å². The van der Waals surface area contributed by atoms with Crippen LogP contribution in [0.4, 0.5) is 13.2 Å². The zero-order chi connectivity index (χ0) is 13.8. The van der Waals surface area contributed by atoms with Gasteiger partial charge in [-0.25, -0.2) is 13.2 Å². The van der Waals surface area contributed by atoms with Crippen molar-refractivity contribution in [3.8, 4) is 0 Å². The molecule has 1 aliphatic heterocycles. The van der Waals surface area contributed by atoms with Crippen molar-refractivity contribution in [1.29, 1.82) is 0 Å². The first-order valence-electron chi connectivity index (χ1n) is 6.60. The number of nitrogens with zero attached hydrogens (tertiary/aromatic N) is 2. The highest BCUT2D eigenvalue weighted by Gasteiger charge is 2.15. The summed E-state index contributed by atoms with van der Waals surface area (Å²) in [6.07, 6.45) is 0.994. The van der Waals surface area contributed by atoms with Crippen LogP contribution in [-0.4, -0.2) is 49.6 Å². The van der Waals surface area contributed by atoms with E-state index in [1.807, 2.05) is 0 Å². The predicted molar refractivity (Wildman–Crippen MR) is 68.6 cm³/mol. The summed E-state index contributed by atoms with van der Waals surface area (Å²) in [6.45, 7) is 4.86. The van der Waals surface area contributed by atoms with Gasteiger partial charge < -0.3 is 9.80 Å². The number of likely N-dealkylation sites (N-methyl/N-ethyl adjacent to an activating group) is 1. The van der Waals surface area contributed by atoms with Gasteiger partial charge in [0, 0.05) is 43.9 Å². The van der Waals surface area contributed by atoms with E-state index in [9.17, 15) is 13.2 Å². The van der Waals surface area contributed by atoms with Crippen molar-refractivity contribution in [2.75, 3.05) is 39.8 Å². The van der Waals surface area contributed by atoms with E-state index in [1.54, 1.807) is 0 Å². The highest BCUT2D eigenvalue weighted by molar-refractivity contribution is 5.20. The average molecular weight is 272 g/mol. The number of rotatable bonds is 4. The Morgan fingerprint density at radius 3 is 2.16 bits per heavy atom. The molecule has 106 valence electrons. The van der Waals surface area contributed by atoms with Crippen molar-refractivity contribution >= 4 is 0 Å². The van der Waals surface area contributed by atoms with Gasteiger partial charge in [-0.15, -0.1) is 0 Å². The molecule has 1 aromatic rings. The van der Waals surface area contributed by atoms with E-state index in [4.69, 9.17) is 0 Å². The van der Waals surface area contributed by atoms with Crippen LogP contribution in [0.15, 0.2) is 12.1 Å². The molecule has 19 heavy (non-hydrogen) atoms. The Labute approximate surface area is 111 Å². The normalized spacial score (nSPS) is 17.9. The molecule has 0 aliphatic carbocycles. The third-order valence-electron chi connectivity index (χ3n) is 3.60. The lowest BCUT2D eigenvalue weighted by Crippen LogP contribution is -2.44. The second-order valence-corrected chi connectivity index (χ2v) is 5.10. The van der Waals surface area contributed by atoms with E-state index in [1.165, 1.54) is 0 Å². The summed E-state index contributed by atoms with van der Waals surface area (Å²) in [4.78, 5) is 4.55. The molecule has 1 heterocycles. The molecular formula is C14H19F3N2. The molecule has 0 bridgehead atoms. The summed E-state index contributed by atoms with van der Waals surface area (Å²) in [5.74, 6) is -2.43. The molecule has 1 aliphatic rings. The van der Waals surface area contributed by atoms with Gasteiger partial charge in [0.1, 0.15) is 17.5 Å². The van der Waals surface area contributed by atoms with Crippen LogP contribution in [0.25, 0.3) is 0 Å². The lowest BCUT2D eigenvalue weighted by molar-refractivity contribution is 0.153. The van der Waals surface area contributed by atoms with E-state index in [0.29, 0.717) is 12.8 Å². The van der Waals surface area contributed by atoms with Gasteiger partial charge in [-0.3, -0.25) is 0 Å². The van der Waals surface area contributed by atoms with Crippen LogP contribution in [0.1, 0.15) is 12.0 Å². The Balaban J connectivity index is 1.83. The molecule has 0 saturated carbocycles. The number of hydrogen-bond acceptors (Lipinski definition) is 2. The van der Waals surface area contributed by atoms with E-state index >= 15 is 0 Å². The number of hydrogen-bond donors (Lipinski definition) is 0. The Bertz CT molecular complexity index is 406. The van der Waals surface area contributed by atoms with Gasteiger partial charge in [0.05, 0.1) is 0 Å². The molecular weight excluding hydrogens is 253 g/mol. The van der Waals surface area contributed by atoms with Crippen LogP contribution in [0, 0.1) is 17.5 Å². The van der Waals surface area contributed by atoms with Gasteiger partial charge in [0.25, 0.3) is 0 Å². The predicted octanol–water partition coefficient (Wildman–Crippen LogP) is 2.28. The molecule has 5 heteroatoms. The molecule has 2 rings (SSSR count). The Morgan fingerprint density at radius 2 is 1.58 bits per heavy atom. The van der Waals surface area contributed by atoms with Crippen molar-refractivity contribution in [2.45, 2.75) is 12.8 Å². The van der Waals surface area contributed by atoms with Crippen molar-refractivity contribution in [2.24, 2.45) is 0 Å². The second kappa shape index (κ2) is 6.39. The first-order chi connectivity index (χ1) is 9.06. The number of benzene rings is 1. The standard InChI is InChI=1S/C14H19F3N2/c1-18-5-7-19(8-6-18)4-2-3-12-13(16)9-11(15)10-14(12)17/h9-10H,2-8H2,1H3. The average Bonchev–Trinajstić information content (AvgIpc) is 2.34. The summed E-state index contributed by atoms with van der Waals surface area (Å²) in [5.41, 5.74) is -0.00414. The summed E-state index contributed by atoms with van der Waals surface area (Å²) >= 11 is 0. The third-order valence-corrected chi connectivity index (χ3v) is 3.60. The van der Waals surface area contributed by atoms with Crippen LogP contribution in [-0.2, 0) is 6.42 Å². The van der Waals surface area contributed by atoms with Gasteiger partial charge in [-0.05, 0) is 26.4 Å². The van der Waals surface area contributed by atoms with Gasteiger partial charge in [0.2, 0.25) is 0 Å². The van der Waals surface area contributed by atoms with Gasteiger partial charge >= 0.3 is 0 Å².